The Balaban J connectivity index is 1.52. The van der Waals surface area contributed by atoms with Gasteiger partial charge in [0.25, 0.3) is 0 Å². The van der Waals surface area contributed by atoms with Crippen LogP contribution < -0.4 is 5.32 Å². The summed E-state index contributed by atoms with van der Waals surface area (Å²) >= 11 is 1.60. The second-order valence-corrected chi connectivity index (χ2v) is 6.03. The lowest BCUT2D eigenvalue weighted by atomic mass is 10.3. The number of rotatable bonds is 4. The molecule has 1 aliphatic rings. The Morgan fingerprint density at radius 1 is 1.45 bits per heavy atom. The van der Waals surface area contributed by atoms with Crippen molar-refractivity contribution in [3.05, 3.63) is 29.0 Å². The van der Waals surface area contributed by atoms with Crippen LogP contribution in [0.25, 0.3) is 10.8 Å². The van der Waals surface area contributed by atoms with E-state index in [0.29, 0.717) is 45.2 Å². The lowest BCUT2D eigenvalue weighted by Crippen LogP contribution is -2.46. The zero-order chi connectivity index (χ0) is 15.4. The molecule has 0 atom stereocenters. The predicted molar refractivity (Wildman–Crippen MR) is 84.0 cm³/mol. The van der Waals surface area contributed by atoms with Crippen molar-refractivity contribution in [2.24, 2.45) is 0 Å². The first kappa shape index (κ1) is 15.1. The third kappa shape index (κ3) is 3.48. The molecule has 1 fully saturated rings. The van der Waals surface area contributed by atoms with Gasteiger partial charge < -0.3 is 19.4 Å². The van der Waals surface area contributed by atoms with Gasteiger partial charge >= 0.3 is 6.03 Å². The number of hydrogen-bond acceptors (Lipinski definition) is 5. The monoisotopic (exact) mass is 321 g/mol. The summed E-state index contributed by atoms with van der Waals surface area (Å²) in [6.07, 6.45) is 0.663. The number of amides is 2. The maximum Gasteiger partial charge on any atom is 0.317 e. The first-order chi connectivity index (χ1) is 10.7. The van der Waals surface area contributed by atoms with E-state index < -0.39 is 0 Å². The Labute approximate surface area is 133 Å². The molecule has 118 valence electrons. The number of thiophene rings is 1. The van der Waals surface area contributed by atoms with Crippen molar-refractivity contribution in [2.75, 3.05) is 32.8 Å². The van der Waals surface area contributed by atoms with Gasteiger partial charge in [0.05, 0.1) is 23.8 Å². The number of oxazole rings is 1. The van der Waals surface area contributed by atoms with Crippen LogP contribution in [0.5, 0.6) is 0 Å². The molecule has 0 spiro atoms. The maximum atomic E-state index is 12.0. The van der Waals surface area contributed by atoms with Gasteiger partial charge in [-0.2, -0.15) is 0 Å². The molecular formula is C15H19N3O3S. The first-order valence-electron chi connectivity index (χ1n) is 7.35. The average molecular weight is 321 g/mol. The van der Waals surface area contributed by atoms with Crippen LogP contribution in [0.1, 0.15) is 11.5 Å². The Bertz CT molecular complexity index is 618. The van der Waals surface area contributed by atoms with E-state index in [1.807, 2.05) is 24.4 Å². The van der Waals surface area contributed by atoms with Gasteiger partial charge in [-0.05, 0) is 18.4 Å². The Morgan fingerprint density at radius 3 is 3.00 bits per heavy atom. The molecule has 0 unspecified atom stereocenters. The van der Waals surface area contributed by atoms with Crippen LogP contribution in [-0.4, -0.2) is 48.8 Å². The van der Waals surface area contributed by atoms with Gasteiger partial charge in [-0.25, -0.2) is 9.78 Å². The van der Waals surface area contributed by atoms with Crippen LogP contribution in [-0.2, 0) is 11.2 Å². The second kappa shape index (κ2) is 6.93. The summed E-state index contributed by atoms with van der Waals surface area (Å²) < 4.78 is 10.9. The van der Waals surface area contributed by atoms with E-state index in [4.69, 9.17) is 9.15 Å². The van der Waals surface area contributed by atoms with Crippen molar-refractivity contribution >= 4 is 17.4 Å². The van der Waals surface area contributed by atoms with E-state index in [2.05, 4.69) is 10.3 Å². The van der Waals surface area contributed by atoms with E-state index >= 15 is 0 Å². The van der Waals surface area contributed by atoms with Gasteiger partial charge in [-0.15, -0.1) is 11.3 Å². The summed E-state index contributed by atoms with van der Waals surface area (Å²) in [5.41, 5.74) is 0.894. The lowest BCUT2D eigenvalue weighted by molar-refractivity contribution is 0.0533. The minimum absolute atomic E-state index is 0.0390. The molecule has 1 aliphatic heterocycles. The zero-order valence-electron chi connectivity index (χ0n) is 12.5. The van der Waals surface area contributed by atoms with E-state index in [-0.39, 0.29) is 6.03 Å². The minimum Gasteiger partial charge on any atom is -0.440 e. The van der Waals surface area contributed by atoms with E-state index in [1.54, 1.807) is 16.2 Å². The average Bonchev–Trinajstić information content (AvgIpc) is 3.18. The molecule has 7 heteroatoms. The fourth-order valence-corrected chi connectivity index (χ4v) is 2.98. The van der Waals surface area contributed by atoms with Crippen molar-refractivity contribution in [2.45, 2.75) is 13.3 Å². The maximum absolute atomic E-state index is 12.0. The molecule has 0 aliphatic carbocycles. The van der Waals surface area contributed by atoms with Gasteiger partial charge in [0.1, 0.15) is 5.76 Å². The van der Waals surface area contributed by atoms with Crippen molar-refractivity contribution in [3.63, 3.8) is 0 Å². The standard InChI is InChI=1S/C15H19N3O3S/c1-11-12(17-14(21-11)13-3-2-10-22-13)4-5-16-15(19)18-6-8-20-9-7-18/h2-3,10H,4-9H2,1H3,(H,16,19). The molecule has 2 aromatic heterocycles. The summed E-state index contributed by atoms with van der Waals surface area (Å²) in [6.45, 7) is 4.98. The smallest absolute Gasteiger partial charge is 0.317 e. The van der Waals surface area contributed by atoms with Crippen LogP contribution in [0.15, 0.2) is 21.9 Å². The highest BCUT2D eigenvalue weighted by Gasteiger charge is 2.17. The van der Waals surface area contributed by atoms with Crippen molar-refractivity contribution in [1.29, 1.82) is 0 Å². The third-order valence-electron chi connectivity index (χ3n) is 3.56. The fraction of sp³-hybridized carbons (Fsp3) is 0.467. The molecule has 2 aromatic rings. The second-order valence-electron chi connectivity index (χ2n) is 5.08. The molecule has 2 amide bonds. The van der Waals surface area contributed by atoms with Crippen molar-refractivity contribution in [3.8, 4) is 10.8 Å². The van der Waals surface area contributed by atoms with E-state index in [9.17, 15) is 4.79 Å². The number of hydrogen-bond donors (Lipinski definition) is 1. The lowest BCUT2D eigenvalue weighted by Gasteiger charge is -2.26. The number of urea groups is 1. The van der Waals surface area contributed by atoms with Crippen LogP contribution in [0, 0.1) is 6.92 Å². The van der Waals surface area contributed by atoms with E-state index in [1.165, 1.54) is 0 Å². The van der Waals surface area contributed by atoms with Gasteiger partial charge in [0, 0.05) is 26.1 Å². The summed E-state index contributed by atoms with van der Waals surface area (Å²) in [5.74, 6) is 1.46. The number of nitrogens with zero attached hydrogens (tertiary/aromatic N) is 2. The Morgan fingerprint density at radius 2 is 2.27 bits per heavy atom. The summed E-state index contributed by atoms with van der Waals surface area (Å²) in [7, 11) is 0. The molecular weight excluding hydrogens is 302 g/mol. The van der Waals surface area contributed by atoms with Gasteiger partial charge in [0.15, 0.2) is 0 Å². The van der Waals surface area contributed by atoms with Crippen LogP contribution in [0.2, 0.25) is 0 Å². The van der Waals surface area contributed by atoms with Gasteiger partial charge in [0.2, 0.25) is 5.89 Å². The van der Waals surface area contributed by atoms with Crippen LogP contribution in [0.4, 0.5) is 4.79 Å². The Hall–Kier alpha value is -1.86. The van der Waals surface area contributed by atoms with E-state index in [0.717, 1.165) is 16.3 Å². The number of ether oxygens (including phenoxy) is 1. The number of nitrogens with one attached hydrogen (secondary N) is 1. The summed E-state index contributed by atoms with van der Waals surface area (Å²) in [5, 5.41) is 4.92. The number of carbonyl (C=O) groups is 1. The van der Waals surface area contributed by atoms with Gasteiger partial charge in [-0.1, -0.05) is 6.07 Å². The first-order valence-corrected chi connectivity index (χ1v) is 8.22. The zero-order valence-corrected chi connectivity index (χ0v) is 13.3. The summed E-state index contributed by atoms with van der Waals surface area (Å²) in [6, 6.07) is 3.92. The normalized spacial score (nSPS) is 15.0. The molecule has 3 heterocycles. The SMILES string of the molecule is Cc1oc(-c2cccs2)nc1CCNC(=O)N1CCOCC1. The largest absolute Gasteiger partial charge is 0.440 e. The summed E-state index contributed by atoms with van der Waals surface area (Å²) in [4.78, 5) is 19.3. The number of carbonyl (C=O) groups excluding carboxylic acids is 1. The molecule has 1 saturated heterocycles. The molecule has 0 bridgehead atoms. The van der Waals surface area contributed by atoms with Crippen LogP contribution >= 0.6 is 11.3 Å². The van der Waals surface area contributed by atoms with Crippen molar-refractivity contribution < 1.29 is 13.9 Å². The third-order valence-corrected chi connectivity index (χ3v) is 4.42. The number of aromatic nitrogens is 1. The highest BCUT2D eigenvalue weighted by atomic mass is 32.1. The molecule has 0 radical (unpaired) electrons. The number of aryl methyl sites for hydroxylation is 1. The quantitative estimate of drug-likeness (QED) is 0.938. The minimum atomic E-state index is -0.0390. The molecule has 0 saturated carbocycles. The van der Waals surface area contributed by atoms with Gasteiger partial charge in [-0.3, -0.25) is 0 Å². The molecule has 1 N–H and O–H groups in total. The van der Waals surface area contributed by atoms with Crippen LogP contribution in [0.3, 0.4) is 0 Å². The highest BCUT2D eigenvalue weighted by Crippen LogP contribution is 2.25. The molecule has 6 nitrogen and oxygen atoms in total. The topological polar surface area (TPSA) is 67.6 Å². The predicted octanol–water partition coefficient (Wildman–Crippen LogP) is 2.30. The molecule has 3 rings (SSSR count). The fourth-order valence-electron chi connectivity index (χ4n) is 2.33. The van der Waals surface area contributed by atoms with Crippen molar-refractivity contribution in [1.82, 2.24) is 15.2 Å². The molecule has 22 heavy (non-hydrogen) atoms. The Kier molecular flexibility index (Phi) is 4.74. The highest BCUT2D eigenvalue weighted by molar-refractivity contribution is 7.13. The number of morpholine rings is 1. The molecule has 0 aromatic carbocycles.